The summed E-state index contributed by atoms with van der Waals surface area (Å²) in [6.07, 6.45) is 0.957. The largest absolute Gasteiger partial charge is 1.00 e. The van der Waals surface area contributed by atoms with Crippen LogP contribution in [0.25, 0.3) is 0 Å². The van der Waals surface area contributed by atoms with Crippen molar-refractivity contribution in [3.8, 4) is 0 Å². The van der Waals surface area contributed by atoms with Gasteiger partial charge in [-0.2, -0.15) is 0 Å². The Labute approximate surface area is 226 Å². The number of hydrogen-bond acceptors (Lipinski definition) is 8. The van der Waals surface area contributed by atoms with Crippen molar-refractivity contribution in [1.29, 1.82) is 0 Å². The van der Waals surface area contributed by atoms with Gasteiger partial charge >= 0.3 is 27.4 Å². The average molecular weight is 537 g/mol. The van der Waals surface area contributed by atoms with Crippen molar-refractivity contribution in [2.24, 2.45) is 0 Å². The number of hydrogen-bond donors (Lipinski definition) is 0. The molecule has 0 aromatic heterocycles. The number of methoxy groups -OCH3 is 1. The molecule has 0 saturated carbocycles. The first kappa shape index (κ1) is 39.5. The van der Waals surface area contributed by atoms with Gasteiger partial charge in [0.15, 0.2) is 16.6 Å². The molecule has 0 spiro atoms. The van der Waals surface area contributed by atoms with Crippen molar-refractivity contribution in [1.82, 2.24) is 0 Å². The molecular formula is C21H54BLiO8Si3. The van der Waals surface area contributed by atoms with E-state index in [0.29, 0.717) is 72.7 Å². The van der Waals surface area contributed by atoms with Gasteiger partial charge in [0.2, 0.25) is 0 Å². The molecule has 0 N–H and O–H groups in total. The van der Waals surface area contributed by atoms with Gasteiger partial charge in [0.25, 0.3) is 0 Å². The Morgan fingerprint density at radius 1 is 0.471 bits per heavy atom. The molecule has 8 nitrogen and oxygen atoms in total. The number of rotatable bonds is 23. The zero-order chi connectivity index (χ0) is 24.3. The summed E-state index contributed by atoms with van der Waals surface area (Å²) in [5, 5.41) is 0. The van der Waals surface area contributed by atoms with Crippen molar-refractivity contribution in [3.05, 3.63) is 0 Å². The van der Waals surface area contributed by atoms with Crippen LogP contribution in [-0.4, -0.2) is 113 Å². The molecule has 0 aromatic carbocycles. The molecule has 0 rings (SSSR count). The first-order valence-electron chi connectivity index (χ1n) is 11.8. The molecule has 0 unspecified atom stereocenters. The predicted octanol–water partition coefficient (Wildman–Crippen LogP) is -0.567. The molecule has 0 heterocycles. The first-order chi connectivity index (χ1) is 15.0. The summed E-state index contributed by atoms with van der Waals surface area (Å²) in [5.74, 6) is 0. The van der Waals surface area contributed by atoms with Crippen LogP contribution in [0.15, 0.2) is 0 Å². The SMILES string of the molecule is COCCOCCOCCOCCOCCOCCC[Si](C)(O[Si](C)(C)C)O[Si](C)(C)C.[BH4-].[Li+]. The Morgan fingerprint density at radius 3 is 1.06 bits per heavy atom. The van der Waals surface area contributed by atoms with Crippen molar-refractivity contribution in [2.75, 3.05) is 79.8 Å². The molecule has 202 valence electrons. The Hall–Kier alpha value is 0.993. The second-order valence-corrected chi connectivity index (χ2v) is 22.6. The normalized spacial score (nSPS) is 12.4. The summed E-state index contributed by atoms with van der Waals surface area (Å²) in [6.45, 7) is 22.1. The molecular weight excluding hydrogens is 482 g/mol. The van der Waals surface area contributed by atoms with E-state index >= 15 is 0 Å². The van der Waals surface area contributed by atoms with Crippen LogP contribution < -0.4 is 18.9 Å². The molecule has 0 fully saturated rings. The Bertz CT molecular complexity index is 427. The Balaban J connectivity index is -0.00000480. The van der Waals surface area contributed by atoms with Crippen LogP contribution in [0.1, 0.15) is 6.42 Å². The fraction of sp³-hybridized carbons (Fsp3) is 1.00. The molecule has 0 bridgehead atoms. The van der Waals surface area contributed by atoms with E-state index in [4.69, 9.17) is 36.7 Å². The molecule has 0 amide bonds. The van der Waals surface area contributed by atoms with Crippen LogP contribution in [0.3, 0.4) is 0 Å². The van der Waals surface area contributed by atoms with Gasteiger partial charge < -0.3 is 36.7 Å². The summed E-state index contributed by atoms with van der Waals surface area (Å²) < 4.78 is 45.4. The monoisotopic (exact) mass is 536 g/mol. The molecule has 0 aliphatic carbocycles. The third kappa shape index (κ3) is 29.2. The standard InChI is InChI=1S/C21H50O8Si3.BH4.Li/c1-22-11-12-24-15-16-26-19-20-27-18-17-25-14-13-23-10-9-21-32(8,28-30(2,3)4)29-31(5,6)7;;/h9-21H2,1-8H3;1H4;/q;-1;+1. The van der Waals surface area contributed by atoms with Crippen molar-refractivity contribution < 1.29 is 55.5 Å². The fourth-order valence-electron chi connectivity index (χ4n) is 3.04. The van der Waals surface area contributed by atoms with Crippen LogP contribution in [0.2, 0.25) is 51.9 Å². The van der Waals surface area contributed by atoms with Crippen molar-refractivity contribution >= 4 is 33.6 Å². The van der Waals surface area contributed by atoms with Crippen LogP contribution in [0, 0.1) is 0 Å². The van der Waals surface area contributed by atoms with E-state index < -0.39 is 25.2 Å². The summed E-state index contributed by atoms with van der Waals surface area (Å²) in [6, 6.07) is 0.970. The van der Waals surface area contributed by atoms with Gasteiger partial charge in [0.1, 0.15) is 0 Å². The van der Waals surface area contributed by atoms with Gasteiger partial charge in [0.05, 0.1) is 66.1 Å². The molecule has 0 saturated heterocycles. The Morgan fingerprint density at radius 2 is 0.765 bits per heavy atom. The molecule has 0 aliphatic heterocycles. The van der Waals surface area contributed by atoms with Gasteiger partial charge in [-0.3, -0.25) is 0 Å². The molecule has 13 heteroatoms. The summed E-state index contributed by atoms with van der Waals surface area (Å²) in [4.78, 5) is 0. The molecule has 0 atom stereocenters. The summed E-state index contributed by atoms with van der Waals surface area (Å²) in [5.41, 5.74) is 0. The average Bonchev–Trinajstić information content (AvgIpc) is 2.64. The maximum atomic E-state index is 6.51. The quantitative estimate of drug-likeness (QED) is 0.127. The van der Waals surface area contributed by atoms with E-state index in [1.807, 2.05) is 0 Å². The third-order valence-electron chi connectivity index (χ3n) is 3.88. The molecule has 34 heavy (non-hydrogen) atoms. The van der Waals surface area contributed by atoms with Crippen LogP contribution in [0.5, 0.6) is 0 Å². The second-order valence-electron chi connectivity index (χ2n) is 9.72. The maximum absolute atomic E-state index is 6.51. The molecule has 0 aromatic rings. The third-order valence-corrected chi connectivity index (χ3v) is 13.5. The Kier molecular flexibility index (Phi) is 26.9. The summed E-state index contributed by atoms with van der Waals surface area (Å²) in [7, 11) is -3.78. The van der Waals surface area contributed by atoms with Gasteiger partial charge in [-0.05, 0) is 58.3 Å². The topological polar surface area (TPSA) is 73.8 Å². The minimum atomic E-state index is -2.16. The maximum Gasteiger partial charge on any atom is 1.00 e. The predicted molar refractivity (Wildman–Crippen MR) is 147 cm³/mol. The van der Waals surface area contributed by atoms with E-state index in [1.165, 1.54) is 0 Å². The van der Waals surface area contributed by atoms with E-state index in [-0.39, 0.29) is 27.3 Å². The zero-order valence-electron chi connectivity index (χ0n) is 23.0. The van der Waals surface area contributed by atoms with Gasteiger partial charge in [-0.25, -0.2) is 0 Å². The van der Waals surface area contributed by atoms with E-state index in [0.717, 1.165) is 12.5 Å². The van der Waals surface area contributed by atoms with E-state index in [9.17, 15) is 0 Å². The smallest absolute Gasteiger partial charge is 0.437 e. The fourth-order valence-corrected chi connectivity index (χ4v) is 15.5. The second kappa shape index (κ2) is 23.1. The van der Waals surface area contributed by atoms with Gasteiger partial charge in [0, 0.05) is 13.7 Å². The van der Waals surface area contributed by atoms with E-state index in [2.05, 4.69) is 45.8 Å². The van der Waals surface area contributed by atoms with E-state index in [1.54, 1.807) is 7.11 Å². The summed E-state index contributed by atoms with van der Waals surface area (Å²) >= 11 is 0. The van der Waals surface area contributed by atoms with Gasteiger partial charge in [-0.1, -0.05) is 8.41 Å². The van der Waals surface area contributed by atoms with Crippen LogP contribution in [-0.2, 0) is 36.7 Å². The molecule has 0 aliphatic rings. The van der Waals surface area contributed by atoms with Gasteiger partial charge in [-0.15, -0.1) is 0 Å². The van der Waals surface area contributed by atoms with Crippen LogP contribution >= 0.6 is 0 Å². The molecule has 0 radical (unpaired) electrons. The minimum absolute atomic E-state index is 0. The first-order valence-corrected chi connectivity index (χ1v) is 21.1. The zero-order valence-corrected chi connectivity index (χ0v) is 26.0. The van der Waals surface area contributed by atoms with Crippen molar-refractivity contribution in [3.63, 3.8) is 0 Å². The van der Waals surface area contributed by atoms with Crippen LogP contribution in [0.4, 0.5) is 0 Å². The number of ether oxygens (including phenoxy) is 6. The van der Waals surface area contributed by atoms with Crippen molar-refractivity contribution in [2.45, 2.75) is 58.3 Å². The minimum Gasteiger partial charge on any atom is -0.437 e.